The van der Waals surface area contributed by atoms with Gasteiger partial charge >= 0.3 is 6.18 Å². The van der Waals surface area contributed by atoms with E-state index in [1.54, 1.807) is 24.4 Å². The Morgan fingerprint density at radius 2 is 1.85 bits per heavy atom. The van der Waals surface area contributed by atoms with Crippen molar-refractivity contribution >= 4 is 51.4 Å². The molecule has 2 amide bonds. The molecule has 2 N–H and O–H groups in total. The van der Waals surface area contributed by atoms with Crippen LogP contribution in [0.4, 0.5) is 28.9 Å². The third kappa shape index (κ3) is 4.87. The predicted octanol–water partition coefficient (Wildman–Crippen LogP) is 5.44. The van der Waals surface area contributed by atoms with Crippen molar-refractivity contribution < 1.29 is 27.2 Å². The normalized spacial score (nSPS) is 15.0. The third-order valence-corrected chi connectivity index (χ3v) is 7.16. The topological polar surface area (TPSA) is 105 Å². The van der Waals surface area contributed by atoms with Gasteiger partial charge in [-0.05, 0) is 68.5 Å². The van der Waals surface area contributed by atoms with E-state index < -0.39 is 40.5 Å². The van der Waals surface area contributed by atoms with E-state index in [1.165, 1.54) is 43.0 Å². The largest absolute Gasteiger partial charge is 0.417 e. The van der Waals surface area contributed by atoms with Crippen molar-refractivity contribution in [2.75, 3.05) is 9.80 Å². The second-order valence-corrected chi connectivity index (χ2v) is 10.2. The number of hydrogen-bond donors (Lipinski definition) is 2. The standard InChI is InChI=1S/C28H20F4N6O2S/c1-27(2)25(40)37(19-7-5-16(12-33)21(10-19)28(30,31)32)26(41)38(27)20-8-6-17(22(29)11-20)13-34-24(39)15-3-4-18-14-35-36-23(18)9-15/h3-11,14H,13H2,1-2H3,(H,34,39)(H,35,36). The van der Waals surface area contributed by atoms with E-state index >= 15 is 4.39 Å². The maximum atomic E-state index is 15.2. The molecule has 3 aromatic carbocycles. The van der Waals surface area contributed by atoms with Crippen LogP contribution in [0, 0.1) is 17.1 Å². The number of halogens is 4. The molecule has 41 heavy (non-hydrogen) atoms. The van der Waals surface area contributed by atoms with Crippen LogP contribution in [0.25, 0.3) is 10.9 Å². The van der Waals surface area contributed by atoms with Crippen molar-refractivity contribution in [3.63, 3.8) is 0 Å². The lowest BCUT2D eigenvalue weighted by Crippen LogP contribution is -2.44. The fourth-order valence-electron chi connectivity index (χ4n) is 4.63. The number of rotatable bonds is 5. The van der Waals surface area contributed by atoms with Gasteiger partial charge in [-0.1, -0.05) is 12.1 Å². The summed E-state index contributed by atoms with van der Waals surface area (Å²) in [5.74, 6) is -1.74. The van der Waals surface area contributed by atoms with Gasteiger partial charge in [-0.15, -0.1) is 0 Å². The number of amides is 2. The Morgan fingerprint density at radius 1 is 1.12 bits per heavy atom. The summed E-state index contributed by atoms with van der Waals surface area (Å²) in [7, 11) is 0. The van der Waals surface area contributed by atoms with E-state index in [2.05, 4.69) is 15.5 Å². The number of benzene rings is 3. The van der Waals surface area contributed by atoms with Gasteiger partial charge < -0.3 is 10.2 Å². The fourth-order valence-corrected chi connectivity index (χ4v) is 5.16. The fraction of sp³-hybridized carbons (Fsp3) is 0.179. The number of aromatic amines is 1. The quantitative estimate of drug-likeness (QED) is 0.241. The highest BCUT2D eigenvalue weighted by Crippen LogP contribution is 2.40. The van der Waals surface area contributed by atoms with Crippen molar-refractivity contribution in [1.82, 2.24) is 15.5 Å². The van der Waals surface area contributed by atoms with Crippen LogP contribution in [0.5, 0.6) is 0 Å². The molecule has 1 fully saturated rings. The van der Waals surface area contributed by atoms with Crippen LogP contribution in [0.1, 0.15) is 40.9 Å². The van der Waals surface area contributed by atoms with E-state index in [0.29, 0.717) is 17.1 Å². The molecule has 208 valence electrons. The number of hydrogen-bond acceptors (Lipinski definition) is 5. The van der Waals surface area contributed by atoms with Gasteiger partial charge in [-0.2, -0.15) is 23.5 Å². The Morgan fingerprint density at radius 3 is 2.54 bits per heavy atom. The molecular weight excluding hydrogens is 560 g/mol. The van der Waals surface area contributed by atoms with E-state index in [0.717, 1.165) is 22.4 Å². The Bertz CT molecular complexity index is 1780. The van der Waals surface area contributed by atoms with Gasteiger partial charge in [0.2, 0.25) is 0 Å². The molecule has 5 rings (SSSR count). The maximum absolute atomic E-state index is 15.2. The second-order valence-electron chi connectivity index (χ2n) is 9.79. The summed E-state index contributed by atoms with van der Waals surface area (Å²) < 4.78 is 55.9. The number of carbonyl (C=O) groups excluding carboxylic acids is 2. The second kappa shape index (κ2) is 9.97. The molecule has 4 aromatic rings. The predicted molar refractivity (Wildman–Crippen MR) is 146 cm³/mol. The molecule has 0 aliphatic carbocycles. The molecule has 0 radical (unpaired) electrons. The smallest absolute Gasteiger partial charge is 0.348 e. The van der Waals surface area contributed by atoms with Crippen LogP contribution in [0.2, 0.25) is 0 Å². The Balaban J connectivity index is 1.38. The average molecular weight is 581 g/mol. The minimum atomic E-state index is -4.83. The van der Waals surface area contributed by atoms with Crippen LogP contribution in [0.15, 0.2) is 60.8 Å². The highest BCUT2D eigenvalue weighted by atomic mass is 32.1. The van der Waals surface area contributed by atoms with Gasteiger partial charge in [0.1, 0.15) is 11.4 Å². The first-order valence-corrected chi connectivity index (χ1v) is 12.5. The Labute approximate surface area is 236 Å². The molecule has 0 atom stereocenters. The molecule has 8 nitrogen and oxygen atoms in total. The first-order valence-electron chi connectivity index (χ1n) is 12.1. The van der Waals surface area contributed by atoms with Crippen LogP contribution in [-0.2, 0) is 17.5 Å². The maximum Gasteiger partial charge on any atom is 0.417 e. The zero-order valence-corrected chi connectivity index (χ0v) is 22.3. The zero-order chi connectivity index (χ0) is 29.7. The van der Waals surface area contributed by atoms with Gasteiger partial charge in [0.05, 0.1) is 34.6 Å². The van der Waals surface area contributed by atoms with Crippen molar-refractivity contribution in [3.8, 4) is 6.07 Å². The van der Waals surface area contributed by atoms with E-state index in [4.69, 9.17) is 17.5 Å². The molecule has 0 saturated carbocycles. The summed E-state index contributed by atoms with van der Waals surface area (Å²) in [6.45, 7) is 2.90. The summed E-state index contributed by atoms with van der Waals surface area (Å²) >= 11 is 5.49. The van der Waals surface area contributed by atoms with Crippen LogP contribution >= 0.6 is 12.2 Å². The highest BCUT2D eigenvalue weighted by molar-refractivity contribution is 7.81. The SMILES string of the molecule is CC1(C)C(=O)N(c2ccc(C#N)c(C(F)(F)F)c2)C(=S)N1c1ccc(CNC(=O)c2ccc3cn[nH]c3c2)c(F)c1. The van der Waals surface area contributed by atoms with Gasteiger partial charge in [0.15, 0.2) is 5.11 Å². The minimum Gasteiger partial charge on any atom is -0.348 e. The van der Waals surface area contributed by atoms with Gasteiger partial charge in [-0.3, -0.25) is 19.6 Å². The Hall–Kier alpha value is -4.83. The number of alkyl halides is 3. The number of nitrogens with zero attached hydrogens (tertiary/aromatic N) is 4. The van der Waals surface area contributed by atoms with Crippen molar-refractivity contribution in [2.45, 2.75) is 32.1 Å². The summed E-state index contributed by atoms with van der Waals surface area (Å²) in [6, 6.07) is 13.4. The highest BCUT2D eigenvalue weighted by Gasteiger charge is 2.50. The molecule has 0 unspecified atom stereocenters. The molecule has 0 bridgehead atoms. The summed E-state index contributed by atoms with van der Waals surface area (Å²) in [5.41, 5.74) is -1.95. The molecule has 1 aliphatic rings. The number of carbonyl (C=O) groups is 2. The van der Waals surface area contributed by atoms with Gasteiger partial charge in [-0.25, -0.2) is 4.39 Å². The van der Waals surface area contributed by atoms with Crippen molar-refractivity contribution in [1.29, 1.82) is 5.26 Å². The van der Waals surface area contributed by atoms with E-state index in [1.807, 2.05) is 0 Å². The number of H-pyrrole nitrogens is 1. The number of nitriles is 1. The first kappa shape index (κ1) is 27.7. The summed E-state index contributed by atoms with van der Waals surface area (Å²) in [5, 5.41) is 19.1. The molecular formula is C28H20F4N6O2S. The Kier molecular flexibility index (Phi) is 6.74. The summed E-state index contributed by atoms with van der Waals surface area (Å²) in [4.78, 5) is 28.3. The average Bonchev–Trinajstić information content (AvgIpc) is 3.46. The number of nitrogens with one attached hydrogen (secondary N) is 2. The van der Waals surface area contributed by atoms with Crippen LogP contribution < -0.4 is 15.1 Å². The van der Waals surface area contributed by atoms with Crippen LogP contribution in [0.3, 0.4) is 0 Å². The monoisotopic (exact) mass is 580 g/mol. The van der Waals surface area contributed by atoms with Crippen molar-refractivity contribution in [2.24, 2.45) is 0 Å². The summed E-state index contributed by atoms with van der Waals surface area (Å²) in [6.07, 6.45) is -3.21. The van der Waals surface area contributed by atoms with Gasteiger partial charge in [0.25, 0.3) is 11.8 Å². The molecule has 2 heterocycles. The van der Waals surface area contributed by atoms with E-state index in [9.17, 15) is 22.8 Å². The molecule has 0 spiro atoms. The van der Waals surface area contributed by atoms with E-state index in [-0.39, 0.29) is 28.6 Å². The number of thiocarbonyl (C=S) groups is 1. The third-order valence-electron chi connectivity index (χ3n) is 6.79. The molecule has 1 aromatic heterocycles. The minimum absolute atomic E-state index is 0.129. The number of fused-ring (bicyclic) bond motifs is 1. The molecule has 13 heteroatoms. The van der Waals surface area contributed by atoms with Crippen molar-refractivity contribution in [3.05, 3.63) is 88.9 Å². The number of aromatic nitrogens is 2. The van der Waals surface area contributed by atoms with Crippen LogP contribution in [-0.4, -0.2) is 32.7 Å². The zero-order valence-electron chi connectivity index (χ0n) is 21.5. The lowest BCUT2D eigenvalue weighted by Gasteiger charge is -2.29. The molecule has 1 saturated heterocycles. The van der Waals surface area contributed by atoms with Gasteiger partial charge in [0, 0.05) is 28.7 Å². The number of anilines is 2. The first-order chi connectivity index (χ1) is 19.3. The lowest BCUT2D eigenvalue weighted by molar-refractivity contribution is -0.137. The molecule has 1 aliphatic heterocycles. The lowest BCUT2D eigenvalue weighted by atomic mass is 10.0.